The Kier molecular flexibility index (Phi) is 8.06. The Hall–Kier alpha value is -1.65. The predicted octanol–water partition coefficient (Wildman–Crippen LogP) is 6.23. The number of hydrogen-bond donors (Lipinski definition) is 0. The van der Waals surface area contributed by atoms with Gasteiger partial charge in [-0.15, -0.1) is 0 Å². The van der Waals surface area contributed by atoms with Gasteiger partial charge in [-0.25, -0.2) is 0 Å². The molecule has 0 radical (unpaired) electrons. The first kappa shape index (κ1) is 21.6. The molecule has 0 saturated carbocycles. The van der Waals surface area contributed by atoms with E-state index in [4.69, 9.17) is 4.18 Å². The van der Waals surface area contributed by atoms with E-state index in [9.17, 15) is 8.42 Å². The minimum atomic E-state index is -3.85. The summed E-state index contributed by atoms with van der Waals surface area (Å²) in [6, 6.07) is 16.7. The van der Waals surface area contributed by atoms with Crippen molar-refractivity contribution in [3.63, 3.8) is 0 Å². The summed E-state index contributed by atoms with van der Waals surface area (Å²) < 4.78 is 31.7. The van der Waals surface area contributed by atoms with Gasteiger partial charge in [0.05, 0.1) is 4.90 Å². The average Bonchev–Trinajstić information content (AvgIpc) is 2.65. The Bertz CT molecular complexity index is 795. The molecule has 0 fully saturated rings. The van der Waals surface area contributed by atoms with Crippen molar-refractivity contribution in [1.82, 2.24) is 0 Å². The molecule has 2 aromatic carbocycles. The van der Waals surface area contributed by atoms with Crippen molar-refractivity contribution < 1.29 is 12.6 Å². The van der Waals surface area contributed by atoms with Crippen LogP contribution in [0.25, 0.3) is 0 Å². The second-order valence-electron chi connectivity index (χ2n) is 7.54. The SMILES string of the molecule is CCCCCCCCc1ccccc1S(=O)(=O)OC(C)(C)c1ccccc1. The van der Waals surface area contributed by atoms with Crippen molar-refractivity contribution >= 4 is 10.1 Å². The third-order valence-corrected chi connectivity index (χ3v) is 6.40. The lowest BCUT2D eigenvalue weighted by Crippen LogP contribution is -2.26. The summed E-state index contributed by atoms with van der Waals surface area (Å²) in [5.74, 6) is 0. The largest absolute Gasteiger partial charge is 0.298 e. The van der Waals surface area contributed by atoms with Crippen LogP contribution >= 0.6 is 0 Å². The summed E-state index contributed by atoms with van der Waals surface area (Å²) in [6.07, 6.45) is 7.85. The van der Waals surface area contributed by atoms with E-state index in [1.807, 2.05) is 42.5 Å². The van der Waals surface area contributed by atoms with Gasteiger partial charge in [-0.2, -0.15) is 8.42 Å². The Labute approximate surface area is 164 Å². The fraction of sp³-hybridized carbons (Fsp3) is 0.478. The monoisotopic (exact) mass is 388 g/mol. The molecule has 4 heteroatoms. The predicted molar refractivity (Wildman–Crippen MR) is 111 cm³/mol. The van der Waals surface area contributed by atoms with Crippen molar-refractivity contribution in [3.05, 3.63) is 65.7 Å². The molecule has 0 aromatic heterocycles. The summed E-state index contributed by atoms with van der Waals surface area (Å²) >= 11 is 0. The Morgan fingerprint density at radius 3 is 2.11 bits per heavy atom. The number of hydrogen-bond acceptors (Lipinski definition) is 3. The van der Waals surface area contributed by atoms with Gasteiger partial charge in [-0.1, -0.05) is 87.6 Å². The van der Waals surface area contributed by atoms with Gasteiger partial charge in [0.15, 0.2) is 0 Å². The molecule has 0 N–H and O–H groups in total. The van der Waals surface area contributed by atoms with Crippen molar-refractivity contribution in [2.24, 2.45) is 0 Å². The van der Waals surface area contributed by atoms with E-state index in [1.165, 1.54) is 25.7 Å². The maximum absolute atomic E-state index is 13.0. The highest BCUT2D eigenvalue weighted by molar-refractivity contribution is 7.86. The topological polar surface area (TPSA) is 43.4 Å². The van der Waals surface area contributed by atoms with Crippen molar-refractivity contribution in [1.29, 1.82) is 0 Å². The van der Waals surface area contributed by atoms with Gasteiger partial charge in [0.1, 0.15) is 5.60 Å². The molecule has 0 unspecified atom stereocenters. The van der Waals surface area contributed by atoms with Gasteiger partial charge < -0.3 is 0 Å². The first-order valence-corrected chi connectivity index (χ1v) is 11.4. The lowest BCUT2D eigenvalue weighted by molar-refractivity contribution is 0.117. The number of rotatable bonds is 11. The summed E-state index contributed by atoms with van der Waals surface area (Å²) in [7, 11) is -3.85. The Morgan fingerprint density at radius 1 is 0.815 bits per heavy atom. The van der Waals surface area contributed by atoms with Gasteiger partial charge in [0, 0.05) is 0 Å². The zero-order valence-corrected chi connectivity index (χ0v) is 17.6. The summed E-state index contributed by atoms with van der Waals surface area (Å²) in [4.78, 5) is 0.294. The minimum Gasteiger partial charge on any atom is -0.255 e. The van der Waals surface area contributed by atoms with E-state index in [2.05, 4.69) is 6.92 Å². The Balaban J connectivity index is 2.09. The molecule has 0 saturated heterocycles. The van der Waals surface area contributed by atoms with Gasteiger partial charge in [-0.05, 0) is 43.9 Å². The van der Waals surface area contributed by atoms with Gasteiger partial charge in [-0.3, -0.25) is 4.18 Å². The lowest BCUT2D eigenvalue weighted by Gasteiger charge is -2.25. The van der Waals surface area contributed by atoms with Crippen LogP contribution in [0.3, 0.4) is 0 Å². The van der Waals surface area contributed by atoms with Crippen LogP contribution < -0.4 is 0 Å². The van der Waals surface area contributed by atoms with E-state index < -0.39 is 15.7 Å². The lowest BCUT2D eigenvalue weighted by atomic mass is 9.99. The molecule has 0 atom stereocenters. The number of aryl methyl sites for hydroxylation is 1. The molecular formula is C23H32O3S. The highest BCUT2D eigenvalue weighted by atomic mass is 32.2. The molecule has 0 aliphatic heterocycles. The quantitative estimate of drug-likeness (QED) is 0.338. The highest BCUT2D eigenvalue weighted by Gasteiger charge is 2.31. The van der Waals surface area contributed by atoms with E-state index in [1.54, 1.807) is 26.0 Å². The molecule has 0 amide bonds. The number of benzene rings is 2. The van der Waals surface area contributed by atoms with Gasteiger partial charge >= 0.3 is 0 Å². The average molecular weight is 389 g/mol. The van der Waals surface area contributed by atoms with Crippen LogP contribution in [0, 0.1) is 0 Å². The highest BCUT2D eigenvalue weighted by Crippen LogP contribution is 2.31. The van der Waals surface area contributed by atoms with Crippen LogP contribution in [0.1, 0.15) is 70.4 Å². The van der Waals surface area contributed by atoms with E-state index >= 15 is 0 Å². The number of unbranched alkanes of at least 4 members (excludes halogenated alkanes) is 5. The summed E-state index contributed by atoms with van der Waals surface area (Å²) in [6.45, 7) is 5.78. The fourth-order valence-electron chi connectivity index (χ4n) is 3.26. The van der Waals surface area contributed by atoms with E-state index in [0.717, 1.165) is 30.4 Å². The first-order chi connectivity index (χ1) is 12.9. The summed E-state index contributed by atoms with van der Waals surface area (Å²) in [5, 5.41) is 0. The second-order valence-corrected chi connectivity index (χ2v) is 9.05. The molecule has 148 valence electrons. The standard InChI is InChI=1S/C23H32O3S/c1-4-5-6-7-8-10-15-20-16-13-14-19-22(20)27(24,25)26-23(2,3)21-17-11-9-12-18-21/h9,11-14,16-19H,4-8,10,15H2,1-3H3. The fourth-order valence-corrected chi connectivity index (χ4v) is 4.73. The van der Waals surface area contributed by atoms with Crippen LogP contribution in [0.2, 0.25) is 0 Å². The molecule has 0 bridgehead atoms. The van der Waals surface area contributed by atoms with Crippen LogP contribution in [0.5, 0.6) is 0 Å². The minimum absolute atomic E-state index is 0.294. The smallest absolute Gasteiger partial charge is 0.255 e. The maximum atomic E-state index is 13.0. The normalized spacial score (nSPS) is 12.3. The van der Waals surface area contributed by atoms with E-state index in [0.29, 0.717) is 4.90 Å². The third kappa shape index (κ3) is 6.47. The molecule has 0 aliphatic rings. The maximum Gasteiger partial charge on any atom is 0.298 e. The second kappa shape index (κ2) is 10.0. The molecule has 2 aromatic rings. The van der Waals surface area contributed by atoms with Crippen molar-refractivity contribution in [2.75, 3.05) is 0 Å². The van der Waals surface area contributed by atoms with Gasteiger partial charge in [0.25, 0.3) is 10.1 Å². The third-order valence-electron chi connectivity index (χ3n) is 4.83. The molecule has 27 heavy (non-hydrogen) atoms. The molecular weight excluding hydrogens is 356 g/mol. The zero-order chi connectivity index (χ0) is 19.8. The molecule has 2 rings (SSSR count). The molecule has 0 spiro atoms. The molecule has 0 heterocycles. The van der Waals surface area contributed by atoms with Crippen molar-refractivity contribution in [3.8, 4) is 0 Å². The van der Waals surface area contributed by atoms with E-state index in [-0.39, 0.29) is 0 Å². The first-order valence-electron chi connectivity index (χ1n) is 9.96. The Morgan fingerprint density at radius 2 is 1.41 bits per heavy atom. The van der Waals surface area contributed by atoms with Crippen LogP contribution in [-0.2, 0) is 26.3 Å². The van der Waals surface area contributed by atoms with Crippen molar-refractivity contribution in [2.45, 2.75) is 76.2 Å². The van der Waals surface area contributed by atoms with Crippen LogP contribution in [0.4, 0.5) is 0 Å². The molecule has 3 nitrogen and oxygen atoms in total. The van der Waals surface area contributed by atoms with Gasteiger partial charge in [0.2, 0.25) is 0 Å². The van der Waals surface area contributed by atoms with Crippen LogP contribution in [0.15, 0.2) is 59.5 Å². The molecule has 0 aliphatic carbocycles. The van der Waals surface area contributed by atoms with Crippen LogP contribution in [-0.4, -0.2) is 8.42 Å². The summed E-state index contributed by atoms with van der Waals surface area (Å²) in [5.41, 5.74) is 0.756. The zero-order valence-electron chi connectivity index (χ0n) is 16.8.